The molecule has 0 unspecified atom stereocenters. The van der Waals surface area contributed by atoms with Crippen molar-refractivity contribution < 1.29 is 14.3 Å². The number of para-hydroxylation sites is 1. The molecule has 2 aliphatic heterocycles. The Bertz CT molecular complexity index is 849. The Morgan fingerprint density at radius 2 is 2.00 bits per heavy atom. The molecule has 4 rings (SSSR count). The molecule has 0 bridgehead atoms. The van der Waals surface area contributed by atoms with Crippen LogP contribution in [-0.2, 0) is 16.0 Å². The van der Waals surface area contributed by atoms with E-state index in [0.29, 0.717) is 25.3 Å². The first kappa shape index (κ1) is 17.1. The molecule has 6 heteroatoms. The Morgan fingerprint density at radius 3 is 2.69 bits per heavy atom. The van der Waals surface area contributed by atoms with Gasteiger partial charge in [0.25, 0.3) is 5.91 Å². The quantitative estimate of drug-likeness (QED) is 0.898. The number of carbonyl (C=O) groups is 2. The molecule has 0 saturated carbocycles. The highest BCUT2D eigenvalue weighted by Gasteiger charge is 2.42. The van der Waals surface area contributed by atoms with Gasteiger partial charge in [0.05, 0.1) is 5.60 Å². The van der Waals surface area contributed by atoms with Crippen LogP contribution >= 0.6 is 0 Å². The summed E-state index contributed by atoms with van der Waals surface area (Å²) in [5, 5.41) is 1.13. The molecule has 2 aromatic rings. The van der Waals surface area contributed by atoms with Crippen LogP contribution in [0.25, 0.3) is 10.9 Å². The molecule has 0 radical (unpaired) electrons. The van der Waals surface area contributed by atoms with E-state index in [1.807, 2.05) is 30.1 Å². The second-order valence-corrected chi connectivity index (χ2v) is 7.39. The lowest BCUT2D eigenvalue weighted by atomic mass is 9.89. The fourth-order valence-corrected chi connectivity index (χ4v) is 4.22. The standard InChI is InChI=1S/C20H25N3O3/c1-3-14-15-6-4-5-7-16(15)21-18(14)19(25)23-10-8-20(9-11-23)13-22(2)17(24)12-26-20/h4-7,21H,3,8-13H2,1-2H3. The van der Waals surface area contributed by atoms with Crippen LogP contribution in [0.2, 0.25) is 0 Å². The molecule has 26 heavy (non-hydrogen) atoms. The number of hydrogen-bond acceptors (Lipinski definition) is 3. The summed E-state index contributed by atoms with van der Waals surface area (Å²) in [5.74, 6) is 0.0907. The molecular formula is C20H25N3O3. The van der Waals surface area contributed by atoms with Crippen LogP contribution < -0.4 is 0 Å². The van der Waals surface area contributed by atoms with E-state index < -0.39 is 0 Å². The van der Waals surface area contributed by atoms with E-state index in [4.69, 9.17) is 4.74 Å². The maximum atomic E-state index is 13.1. The molecule has 2 amide bonds. The van der Waals surface area contributed by atoms with Gasteiger partial charge in [-0.15, -0.1) is 0 Å². The Labute approximate surface area is 153 Å². The largest absolute Gasteiger partial charge is 0.363 e. The average molecular weight is 355 g/mol. The minimum Gasteiger partial charge on any atom is -0.363 e. The number of ether oxygens (including phenoxy) is 1. The molecule has 3 heterocycles. The number of amides is 2. The monoisotopic (exact) mass is 355 g/mol. The van der Waals surface area contributed by atoms with Gasteiger partial charge in [-0.2, -0.15) is 0 Å². The fourth-order valence-electron chi connectivity index (χ4n) is 4.22. The SMILES string of the molecule is CCc1c(C(=O)N2CCC3(CC2)CN(C)C(=O)CO3)[nH]c2ccccc12. The van der Waals surface area contributed by atoms with Crippen LogP contribution in [-0.4, -0.2) is 65.5 Å². The van der Waals surface area contributed by atoms with Crippen LogP contribution in [0.3, 0.4) is 0 Å². The molecular weight excluding hydrogens is 330 g/mol. The number of H-pyrrole nitrogens is 1. The molecule has 1 aromatic carbocycles. The first-order chi connectivity index (χ1) is 12.5. The summed E-state index contributed by atoms with van der Waals surface area (Å²) < 4.78 is 5.88. The minimum absolute atomic E-state index is 0.0276. The van der Waals surface area contributed by atoms with Crippen LogP contribution in [0.15, 0.2) is 24.3 Å². The Morgan fingerprint density at radius 1 is 1.27 bits per heavy atom. The van der Waals surface area contributed by atoms with E-state index in [-0.39, 0.29) is 24.0 Å². The summed E-state index contributed by atoms with van der Waals surface area (Å²) in [7, 11) is 1.82. The maximum absolute atomic E-state index is 13.1. The van der Waals surface area contributed by atoms with Crippen molar-refractivity contribution in [2.45, 2.75) is 31.8 Å². The molecule has 1 aromatic heterocycles. The number of aromatic nitrogens is 1. The lowest BCUT2D eigenvalue weighted by Gasteiger charge is -2.46. The molecule has 6 nitrogen and oxygen atoms in total. The molecule has 2 saturated heterocycles. The van der Waals surface area contributed by atoms with Crippen molar-refractivity contribution in [1.82, 2.24) is 14.8 Å². The predicted molar refractivity (Wildman–Crippen MR) is 99.1 cm³/mol. The number of aryl methyl sites for hydroxylation is 1. The molecule has 0 atom stereocenters. The van der Waals surface area contributed by atoms with Crippen LogP contribution in [0.1, 0.15) is 35.8 Å². The summed E-state index contributed by atoms with van der Waals surface area (Å²) in [5.41, 5.74) is 2.51. The van der Waals surface area contributed by atoms with Crippen molar-refractivity contribution in [2.75, 3.05) is 33.3 Å². The lowest BCUT2D eigenvalue weighted by molar-refractivity contribution is -0.167. The van der Waals surface area contributed by atoms with Crippen molar-refractivity contribution >= 4 is 22.7 Å². The third kappa shape index (κ3) is 2.78. The van der Waals surface area contributed by atoms with Gasteiger partial charge in [0.1, 0.15) is 12.3 Å². The zero-order valence-corrected chi connectivity index (χ0v) is 15.4. The molecule has 2 aliphatic rings. The number of nitrogens with zero attached hydrogens (tertiary/aromatic N) is 2. The molecule has 0 aliphatic carbocycles. The van der Waals surface area contributed by atoms with E-state index in [9.17, 15) is 9.59 Å². The van der Waals surface area contributed by atoms with Gasteiger partial charge in [-0.1, -0.05) is 25.1 Å². The summed E-state index contributed by atoms with van der Waals surface area (Å²) in [6, 6.07) is 8.07. The number of likely N-dealkylation sites (tertiary alicyclic amines) is 1. The topological polar surface area (TPSA) is 65.6 Å². The van der Waals surface area contributed by atoms with Crippen LogP contribution in [0.5, 0.6) is 0 Å². The van der Waals surface area contributed by atoms with Crippen LogP contribution in [0.4, 0.5) is 0 Å². The number of carbonyl (C=O) groups excluding carboxylic acids is 2. The van der Waals surface area contributed by atoms with Gasteiger partial charge in [0, 0.05) is 37.6 Å². The molecule has 138 valence electrons. The van der Waals surface area contributed by atoms with Crippen LogP contribution in [0, 0.1) is 0 Å². The van der Waals surface area contributed by atoms with Gasteiger partial charge in [0.15, 0.2) is 0 Å². The van der Waals surface area contributed by atoms with Gasteiger partial charge in [0.2, 0.25) is 5.91 Å². The van der Waals surface area contributed by atoms with E-state index in [2.05, 4.69) is 18.0 Å². The van der Waals surface area contributed by atoms with Crippen molar-refractivity contribution in [3.8, 4) is 0 Å². The van der Waals surface area contributed by atoms with Gasteiger partial charge in [-0.3, -0.25) is 9.59 Å². The van der Waals surface area contributed by atoms with Crippen molar-refractivity contribution in [3.63, 3.8) is 0 Å². The normalized spacial score (nSPS) is 20.2. The summed E-state index contributed by atoms with van der Waals surface area (Å²) in [4.78, 5) is 31.8. The summed E-state index contributed by atoms with van der Waals surface area (Å²) in [6.45, 7) is 4.14. The number of benzene rings is 1. The second kappa shape index (κ2) is 6.43. The highest BCUT2D eigenvalue weighted by atomic mass is 16.5. The third-order valence-corrected chi connectivity index (χ3v) is 5.80. The minimum atomic E-state index is -0.298. The number of hydrogen-bond donors (Lipinski definition) is 1. The zero-order chi connectivity index (χ0) is 18.3. The maximum Gasteiger partial charge on any atom is 0.270 e. The molecule has 1 spiro atoms. The van der Waals surface area contributed by atoms with Gasteiger partial charge < -0.3 is 19.5 Å². The lowest BCUT2D eigenvalue weighted by Crippen LogP contribution is -2.58. The van der Waals surface area contributed by atoms with E-state index in [0.717, 1.165) is 35.7 Å². The highest BCUT2D eigenvalue weighted by Crippen LogP contribution is 2.31. The Balaban J connectivity index is 1.52. The summed E-state index contributed by atoms with van der Waals surface area (Å²) >= 11 is 0. The summed E-state index contributed by atoms with van der Waals surface area (Å²) in [6.07, 6.45) is 2.34. The average Bonchev–Trinajstić information content (AvgIpc) is 3.04. The van der Waals surface area contributed by atoms with Crippen molar-refractivity contribution in [2.24, 2.45) is 0 Å². The van der Waals surface area contributed by atoms with Gasteiger partial charge >= 0.3 is 0 Å². The predicted octanol–water partition coefficient (Wildman–Crippen LogP) is 2.19. The Hall–Kier alpha value is -2.34. The van der Waals surface area contributed by atoms with E-state index in [1.54, 1.807) is 4.90 Å². The number of rotatable bonds is 2. The second-order valence-electron chi connectivity index (χ2n) is 7.39. The third-order valence-electron chi connectivity index (χ3n) is 5.80. The van der Waals surface area contributed by atoms with Crippen molar-refractivity contribution in [3.05, 3.63) is 35.5 Å². The van der Waals surface area contributed by atoms with Gasteiger partial charge in [-0.05, 0) is 30.9 Å². The van der Waals surface area contributed by atoms with E-state index in [1.165, 1.54) is 0 Å². The molecule has 2 fully saturated rings. The molecule has 1 N–H and O–H groups in total. The van der Waals surface area contributed by atoms with Gasteiger partial charge in [-0.25, -0.2) is 0 Å². The number of likely N-dealkylation sites (N-methyl/N-ethyl adjacent to an activating group) is 1. The fraction of sp³-hybridized carbons (Fsp3) is 0.500. The first-order valence-corrected chi connectivity index (χ1v) is 9.30. The number of piperidine rings is 1. The zero-order valence-electron chi connectivity index (χ0n) is 15.4. The first-order valence-electron chi connectivity index (χ1n) is 9.30. The number of nitrogens with one attached hydrogen (secondary N) is 1. The van der Waals surface area contributed by atoms with E-state index >= 15 is 0 Å². The Kier molecular flexibility index (Phi) is 4.23. The number of fused-ring (bicyclic) bond motifs is 1. The smallest absolute Gasteiger partial charge is 0.270 e. The highest BCUT2D eigenvalue weighted by molar-refractivity contribution is 6.01. The number of aromatic amines is 1. The van der Waals surface area contributed by atoms with Crippen molar-refractivity contribution in [1.29, 1.82) is 0 Å². The number of morpholine rings is 1.